The van der Waals surface area contributed by atoms with E-state index in [9.17, 15) is 19.7 Å². The van der Waals surface area contributed by atoms with Crippen molar-refractivity contribution in [2.24, 2.45) is 0 Å². The fraction of sp³-hybridized carbons (Fsp3) is 0.556. The number of nitro groups is 1. The Labute approximate surface area is 147 Å². The molecule has 0 aromatic heterocycles. The molecule has 0 unspecified atom stereocenters. The molecule has 0 spiro atoms. The minimum Gasteiger partial charge on any atom is -0.449 e. The molecule has 25 heavy (non-hydrogen) atoms. The van der Waals surface area contributed by atoms with Crippen molar-refractivity contribution in [1.82, 2.24) is 4.90 Å². The van der Waals surface area contributed by atoms with Gasteiger partial charge in [0.2, 0.25) is 0 Å². The lowest BCUT2D eigenvalue weighted by Crippen LogP contribution is -2.51. The number of piperidine rings is 1. The molecular formula is C18H24N2O5. The molecule has 0 radical (unpaired) electrons. The first-order valence-corrected chi connectivity index (χ1v) is 8.50. The fourth-order valence-corrected chi connectivity index (χ4v) is 3.28. The van der Waals surface area contributed by atoms with E-state index in [2.05, 4.69) is 0 Å². The zero-order valence-electron chi connectivity index (χ0n) is 15.0. The highest BCUT2D eigenvalue weighted by atomic mass is 16.6. The molecule has 7 heteroatoms. The zero-order valence-corrected chi connectivity index (χ0v) is 15.0. The lowest BCUT2D eigenvalue weighted by Gasteiger charge is -2.40. The average Bonchev–Trinajstić information content (AvgIpc) is 2.54. The Balaban J connectivity index is 2.10. The number of esters is 1. The average molecular weight is 348 g/mol. The molecule has 0 bridgehead atoms. The molecule has 1 aliphatic rings. The third kappa shape index (κ3) is 4.15. The van der Waals surface area contributed by atoms with E-state index in [0.717, 1.165) is 19.3 Å². The number of ether oxygens (including phenoxy) is 1. The molecule has 1 saturated heterocycles. The molecule has 1 aromatic carbocycles. The molecule has 0 saturated carbocycles. The van der Waals surface area contributed by atoms with Gasteiger partial charge in [-0.1, -0.05) is 6.07 Å². The van der Waals surface area contributed by atoms with Crippen molar-refractivity contribution in [3.8, 4) is 0 Å². The topological polar surface area (TPSA) is 89.8 Å². The summed E-state index contributed by atoms with van der Waals surface area (Å²) in [6.45, 7) is 7.12. The summed E-state index contributed by atoms with van der Waals surface area (Å²) in [5.41, 5.74) is 0.380. The second kappa shape index (κ2) is 7.63. The van der Waals surface area contributed by atoms with Gasteiger partial charge in [-0.15, -0.1) is 0 Å². The maximum atomic E-state index is 12.7. The monoisotopic (exact) mass is 348 g/mol. The Morgan fingerprint density at radius 3 is 2.44 bits per heavy atom. The first kappa shape index (κ1) is 18.9. The van der Waals surface area contributed by atoms with Crippen molar-refractivity contribution < 1.29 is 19.2 Å². The van der Waals surface area contributed by atoms with Gasteiger partial charge in [0.1, 0.15) is 0 Å². The number of nitrogens with zero attached hydrogens (tertiary/aromatic N) is 2. The van der Waals surface area contributed by atoms with E-state index >= 15 is 0 Å². The second-order valence-corrected chi connectivity index (χ2v) is 6.68. The number of rotatable bonds is 4. The summed E-state index contributed by atoms with van der Waals surface area (Å²) in [5.74, 6) is -0.962. The highest BCUT2D eigenvalue weighted by Crippen LogP contribution is 2.24. The smallest absolute Gasteiger partial charge is 0.339 e. The predicted molar refractivity (Wildman–Crippen MR) is 92.3 cm³/mol. The molecule has 1 fully saturated rings. The van der Waals surface area contributed by atoms with E-state index in [-0.39, 0.29) is 29.2 Å². The number of hydrogen-bond acceptors (Lipinski definition) is 5. The molecule has 1 heterocycles. The van der Waals surface area contributed by atoms with Crippen LogP contribution in [0.1, 0.15) is 56.0 Å². The lowest BCUT2D eigenvalue weighted by molar-refractivity contribution is -0.385. The standard InChI is InChI=1S/C18H24N2O5/c1-11-8-9-15(10-16(11)20(23)24)18(22)25-14(4)17(21)19-12(2)6-5-7-13(19)3/h8-10,12-14H,5-7H2,1-4H3/t12-,13-,14-/m0/s1. The van der Waals surface area contributed by atoms with Gasteiger partial charge in [0.15, 0.2) is 6.10 Å². The van der Waals surface area contributed by atoms with Gasteiger partial charge in [0, 0.05) is 23.7 Å². The van der Waals surface area contributed by atoms with Crippen molar-refractivity contribution in [3.63, 3.8) is 0 Å². The number of hydrogen-bond donors (Lipinski definition) is 0. The van der Waals surface area contributed by atoms with Crippen LogP contribution in [0.25, 0.3) is 0 Å². The maximum Gasteiger partial charge on any atom is 0.339 e. The minimum absolute atomic E-state index is 0.0664. The minimum atomic E-state index is -0.934. The summed E-state index contributed by atoms with van der Waals surface area (Å²) in [4.78, 5) is 37.2. The summed E-state index contributed by atoms with van der Waals surface area (Å²) in [6.07, 6.45) is 2.01. The van der Waals surface area contributed by atoms with Crippen LogP contribution in [0.5, 0.6) is 0 Å². The van der Waals surface area contributed by atoms with Crippen LogP contribution in [0.15, 0.2) is 18.2 Å². The van der Waals surface area contributed by atoms with Gasteiger partial charge in [0.05, 0.1) is 10.5 Å². The summed E-state index contributed by atoms with van der Waals surface area (Å²) < 4.78 is 5.27. The number of carbonyl (C=O) groups is 2. The molecule has 2 rings (SSSR count). The first-order chi connectivity index (χ1) is 11.7. The summed E-state index contributed by atoms with van der Waals surface area (Å²) in [6, 6.07) is 4.36. The van der Waals surface area contributed by atoms with Gasteiger partial charge >= 0.3 is 5.97 Å². The highest BCUT2D eigenvalue weighted by Gasteiger charge is 2.33. The van der Waals surface area contributed by atoms with Crippen molar-refractivity contribution in [2.45, 2.75) is 65.1 Å². The number of likely N-dealkylation sites (tertiary alicyclic amines) is 1. The molecule has 1 aliphatic heterocycles. The molecular weight excluding hydrogens is 324 g/mol. The Bertz CT molecular complexity index is 678. The van der Waals surface area contributed by atoms with Crippen LogP contribution in [-0.2, 0) is 9.53 Å². The van der Waals surface area contributed by atoms with Gasteiger partial charge in [-0.3, -0.25) is 14.9 Å². The van der Waals surface area contributed by atoms with Crippen LogP contribution in [0.4, 0.5) is 5.69 Å². The summed E-state index contributed by atoms with van der Waals surface area (Å²) in [7, 11) is 0. The van der Waals surface area contributed by atoms with Gasteiger partial charge in [-0.05, 0) is 53.0 Å². The number of carbonyl (C=O) groups excluding carboxylic acids is 2. The third-order valence-electron chi connectivity index (χ3n) is 4.72. The van der Waals surface area contributed by atoms with Gasteiger partial charge in [-0.25, -0.2) is 4.79 Å². The Hall–Kier alpha value is -2.44. The molecule has 1 aromatic rings. The zero-order chi connectivity index (χ0) is 18.7. The van der Waals surface area contributed by atoms with Crippen LogP contribution in [0.3, 0.4) is 0 Å². The molecule has 3 atom stereocenters. The van der Waals surface area contributed by atoms with Gasteiger partial charge in [-0.2, -0.15) is 0 Å². The van der Waals surface area contributed by atoms with Crippen LogP contribution in [-0.4, -0.2) is 39.9 Å². The maximum absolute atomic E-state index is 12.7. The fourth-order valence-electron chi connectivity index (χ4n) is 3.28. The Kier molecular flexibility index (Phi) is 5.77. The molecule has 0 aliphatic carbocycles. The van der Waals surface area contributed by atoms with Gasteiger partial charge < -0.3 is 9.64 Å². The third-order valence-corrected chi connectivity index (χ3v) is 4.72. The quantitative estimate of drug-likeness (QED) is 0.473. The predicted octanol–water partition coefficient (Wildman–Crippen LogP) is 3.24. The SMILES string of the molecule is Cc1ccc(C(=O)O[C@@H](C)C(=O)N2[C@@H](C)CCC[C@@H]2C)cc1[N+](=O)[O-]. The van der Waals surface area contributed by atoms with E-state index in [1.54, 1.807) is 11.8 Å². The van der Waals surface area contributed by atoms with Crippen LogP contribution >= 0.6 is 0 Å². The van der Waals surface area contributed by atoms with Crippen LogP contribution in [0.2, 0.25) is 0 Å². The number of benzene rings is 1. The van der Waals surface area contributed by atoms with E-state index in [4.69, 9.17) is 4.74 Å². The van der Waals surface area contributed by atoms with E-state index in [1.165, 1.54) is 25.1 Å². The molecule has 0 N–H and O–H groups in total. The largest absolute Gasteiger partial charge is 0.449 e. The van der Waals surface area contributed by atoms with Crippen molar-refractivity contribution in [3.05, 3.63) is 39.4 Å². The van der Waals surface area contributed by atoms with Crippen molar-refractivity contribution in [1.29, 1.82) is 0 Å². The highest BCUT2D eigenvalue weighted by molar-refractivity contribution is 5.93. The van der Waals surface area contributed by atoms with E-state index < -0.39 is 17.0 Å². The lowest BCUT2D eigenvalue weighted by atomic mass is 9.97. The van der Waals surface area contributed by atoms with Crippen LogP contribution in [0, 0.1) is 17.0 Å². The number of nitro benzene ring substituents is 1. The normalized spacial score (nSPS) is 21.5. The Morgan fingerprint density at radius 1 is 1.28 bits per heavy atom. The molecule has 136 valence electrons. The summed E-state index contributed by atoms with van der Waals surface area (Å²) >= 11 is 0. The Morgan fingerprint density at radius 2 is 1.88 bits per heavy atom. The summed E-state index contributed by atoms with van der Waals surface area (Å²) in [5, 5.41) is 11.0. The van der Waals surface area contributed by atoms with Crippen molar-refractivity contribution >= 4 is 17.6 Å². The van der Waals surface area contributed by atoms with Gasteiger partial charge in [0.25, 0.3) is 11.6 Å². The number of aryl methyl sites for hydroxylation is 1. The second-order valence-electron chi connectivity index (χ2n) is 6.68. The van der Waals surface area contributed by atoms with E-state index in [1.807, 2.05) is 13.8 Å². The number of amides is 1. The molecule has 1 amide bonds. The first-order valence-electron chi connectivity index (χ1n) is 8.50. The molecule has 7 nitrogen and oxygen atoms in total. The van der Waals surface area contributed by atoms with Crippen LogP contribution < -0.4 is 0 Å². The van der Waals surface area contributed by atoms with E-state index in [0.29, 0.717) is 5.56 Å². The van der Waals surface area contributed by atoms with Crippen molar-refractivity contribution in [2.75, 3.05) is 0 Å².